The Labute approximate surface area is 110 Å². The monoisotopic (exact) mass is 254 g/mol. The van der Waals surface area contributed by atoms with Crippen LogP contribution in [0.15, 0.2) is 0 Å². The smallest absolute Gasteiger partial charge is 0.323 e. The van der Waals surface area contributed by atoms with Crippen LogP contribution in [0.5, 0.6) is 0 Å². The summed E-state index contributed by atoms with van der Waals surface area (Å²) < 4.78 is 0. The van der Waals surface area contributed by atoms with Gasteiger partial charge in [0, 0.05) is 18.1 Å². The summed E-state index contributed by atoms with van der Waals surface area (Å²) in [6.07, 6.45) is 6.34. The van der Waals surface area contributed by atoms with E-state index in [0.29, 0.717) is 24.5 Å². The Morgan fingerprint density at radius 3 is 2.39 bits per heavy atom. The van der Waals surface area contributed by atoms with E-state index in [1.54, 1.807) is 0 Å². The summed E-state index contributed by atoms with van der Waals surface area (Å²) in [6.45, 7) is 3.88. The first-order chi connectivity index (χ1) is 8.46. The Hall–Kier alpha value is -0.610. The fraction of sp³-hybridized carbons (Fsp3) is 0.929. The largest absolute Gasteiger partial charge is 0.480 e. The molecule has 2 heterocycles. The molecule has 0 spiro atoms. The van der Waals surface area contributed by atoms with Crippen molar-refractivity contribution in [1.82, 2.24) is 10.2 Å². The third-order valence-corrected chi connectivity index (χ3v) is 4.84. The summed E-state index contributed by atoms with van der Waals surface area (Å²) in [5.41, 5.74) is -0.755. The van der Waals surface area contributed by atoms with Crippen LogP contribution in [0.3, 0.4) is 0 Å². The fourth-order valence-electron chi connectivity index (χ4n) is 3.72. The first kappa shape index (κ1) is 13.8. The number of hydrogen-bond acceptors (Lipinski definition) is 3. The van der Waals surface area contributed by atoms with Gasteiger partial charge in [-0.2, -0.15) is 0 Å². The molecule has 2 aliphatic rings. The highest BCUT2D eigenvalue weighted by molar-refractivity contribution is 5.78. The minimum Gasteiger partial charge on any atom is -0.480 e. The number of nitrogens with zero attached hydrogens (tertiary/aromatic N) is 1. The van der Waals surface area contributed by atoms with Crippen molar-refractivity contribution in [3.05, 3.63) is 0 Å². The molecule has 3 unspecified atom stereocenters. The number of carbonyl (C=O) groups is 1. The van der Waals surface area contributed by atoms with Crippen molar-refractivity contribution in [2.24, 2.45) is 0 Å². The third-order valence-electron chi connectivity index (χ3n) is 4.84. The SMILES string of the molecule is CCCC(C)(NC1CC2CCC(C1)N2C)C(=O)O. The maximum Gasteiger partial charge on any atom is 0.323 e. The minimum absolute atomic E-state index is 0.367. The summed E-state index contributed by atoms with van der Waals surface area (Å²) in [5.74, 6) is -0.712. The summed E-state index contributed by atoms with van der Waals surface area (Å²) in [4.78, 5) is 13.9. The molecule has 0 amide bonds. The molecule has 0 aromatic rings. The van der Waals surface area contributed by atoms with Gasteiger partial charge in [0.05, 0.1) is 0 Å². The van der Waals surface area contributed by atoms with E-state index in [-0.39, 0.29) is 0 Å². The van der Waals surface area contributed by atoms with Crippen LogP contribution in [-0.2, 0) is 4.79 Å². The lowest BCUT2D eigenvalue weighted by molar-refractivity contribution is -0.145. The van der Waals surface area contributed by atoms with Crippen LogP contribution in [0.1, 0.15) is 52.4 Å². The molecule has 2 saturated heterocycles. The van der Waals surface area contributed by atoms with Crippen molar-refractivity contribution in [3.8, 4) is 0 Å². The second-order valence-electron chi connectivity index (χ2n) is 6.25. The van der Waals surface area contributed by atoms with Gasteiger partial charge < -0.3 is 10.0 Å². The topological polar surface area (TPSA) is 52.6 Å². The average molecular weight is 254 g/mol. The van der Waals surface area contributed by atoms with E-state index in [2.05, 4.69) is 17.3 Å². The van der Waals surface area contributed by atoms with Crippen molar-refractivity contribution in [3.63, 3.8) is 0 Å². The predicted octanol–water partition coefficient (Wildman–Crippen LogP) is 1.84. The fourth-order valence-corrected chi connectivity index (χ4v) is 3.72. The van der Waals surface area contributed by atoms with Crippen molar-refractivity contribution in [1.29, 1.82) is 0 Å². The lowest BCUT2D eigenvalue weighted by Crippen LogP contribution is -2.57. The molecular formula is C14H26N2O2. The van der Waals surface area contributed by atoms with Gasteiger partial charge in [-0.3, -0.25) is 10.1 Å². The summed E-state index contributed by atoms with van der Waals surface area (Å²) in [6, 6.07) is 1.67. The maximum absolute atomic E-state index is 11.5. The van der Waals surface area contributed by atoms with E-state index in [1.807, 2.05) is 13.8 Å². The van der Waals surface area contributed by atoms with Crippen LogP contribution in [0.2, 0.25) is 0 Å². The van der Waals surface area contributed by atoms with Gasteiger partial charge in [0.2, 0.25) is 0 Å². The molecule has 2 rings (SSSR count). The Morgan fingerprint density at radius 2 is 1.94 bits per heavy atom. The van der Waals surface area contributed by atoms with Crippen molar-refractivity contribution < 1.29 is 9.90 Å². The zero-order valence-electron chi connectivity index (χ0n) is 11.8. The second-order valence-corrected chi connectivity index (χ2v) is 6.25. The van der Waals surface area contributed by atoms with Gasteiger partial charge in [0.25, 0.3) is 0 Å². The number of hydrogen-bond donors (Lipinski definition) is 2. The Morgan fingerprint density at radius 1 is 1.39 bits per heavy atom. The van der Waals surface area contributed by atoms with Crippen LogP contribution in [0.25, 0.3) is 0 Å². The zero-order valence-corrected chi connectivity index (χ0v) is 11.8. The Bertz CT molecular complexity index is 307. The van der Waals surface area contributed by atoms with E-state index < -0.39 is 11.5 Å². The van der Waals surface area contributed by atoms with Crippen LogP contribution >= 0.6 is 0 Å². The summed E-state index contributed by atoms with van der Waals surface area (Å²) in [5, 5.41) is 12.8. The number of carboxylic acids is 1. The number of nitrogens with one attached hydrogen (secondary N) is 1. The molecule has 0 aromatic carbocycles. The summed E-state index contributed by atoms with van der Waals surface area (Å²) >= 11 is 0. The maximum atomic E-state index is 11.5. The number of aliphatic carboxylic acids is 1. The predicted molar refractivity (Wildman–Crippen MR) is 71.7 cm³/mol. The van der Waals surface area contributed by atoms with Gasteiger partial charge in [0.15, 0.2) is 0 Å². The van der Waals surface area contributed by atoms with E-state index in [1.165, 1.54) is 12.8 Å². The lowest BCUT2D eigenvalue weighted by atomic mass is 9.90. The van der Waals surface area contributed by atoms with Crippen LogP contribution in [0.4, 0.5) is 0 Å². The van der Waals surface area contributed by atoms with Gasteiger partial charge in [-0.1, -0.05) is 13.3 Å². The molecule has 2 N–H and O–H groups in total. The van der Waals surface area contributed by atoms with Crippen molar-refractivity contribution >= 4 is 5.97 Å². The molecule has 0 aromatic heterocycles. The number of fused-ring (bicyclic) bond motifs is 2. The molecular weight excluding hydrogens is 228 g/mol. The molecule has 4 nitrogen and oxygen atoms in total. The molecule has 2 bridgehead atoms. The van der Waals surface area contributed by atoms with Crippen molar-refractivity contribution in [2.45, 2.75) is 76.0 Å². The van der Waals surface area contributed by atoms with Crippen LogP contribution < -0.4 is 5.32 Å². The lowest BCUT2D eigenvalue weighted by Gasteiger charge is -2.40. The Kier molecular flexibility index (Phi) is 3.97. The summed E-state index contributed by atoms with van der Waals surface area (Å²) in [7, 11) is 2.21. The Balaban J connectivity index is 1.99. The molecule has 0 radical (unpaired) electrons. The normalized spacial score (nSPS) is 35.4. The molecule has 4 heteroatoms. The third kappa shape index (κ3) is 2.54. The van der Waals surface area contributed by atoms with Gasteiger partial charge >= 0.3 is 5.97 Å². The van der Waals surface area contributed by atoms with Crippen LogP contribution in [-0.4, -0.2) is 46.7 Å². The van der Waals surface area contributed by atoms with Gasteiger partial charge in [-0.05, 0) is 46.1 Å². The minimum atomic E-state index is -0.755. The molecule has 0 saturated carbocycles. The van der Waals surface area contributed by atoms with E-state index >= 15 is 0 Å². The van der Waals surface area contributed by atoms with Crippen molar-refractivity contribution in [2.75, 3.05) is 7.05 Å². The second kappa shape index (κ2) is 5.17. The number of rotatable bonds is 5. The number of carboxylic acid groups (broad SMARTS) is 1. The molecule has 2 aliphatic heterocycles. The molecule has 104 valence electrons. The highest BCUT2D eigenvalue weighted by Gasteiger charge is 2.42. The van der Waals surface area contributed by atoms with E-state index in [4.69, 9.17) is 0 Å². The highest BCUT2D eigenvalue weighted by atomic mass is 16.4. The molecule has 0 aliphatic carbocycles. The first-order valence-electron chi connectivity index (χ1n) is 7.19. The van der Waals surface area contributed by atoms with Crippen LogP contribution in [0, 0.1) is 0 Å². The average Bonchev–Trinajstić information content (AvgIpc) is 2.52. The quantitative estimate of drug-likeness (QED) is 0.786. The van der Waals surface area contributed by atoms with Gasteiger partial charge in [0.1, 0.15) is 5.54 Å². The van der Waals surface area contributed by atoms with E-state index in [9.17, 15) is 9.90 Å². The first-order valence-corrected chi connectivity index (χ1v) is 7.19. The zero-order chi connectivity index (χ0) is 13.3. The standard InChI is InChI=1S/C14H26N2O2/c1-4-7-14(2,13(17)18)15-10-8-11-5-6-12(9-10)16(11)3/h10-12,15H,4-9H2,1-3H3,(H,17,18). The molecule has 18 heavy (non-hydrogen) atoms. The number of piperidine rings is 1. The highest BCUT2D eigenvalue weighted by Crippen LogP contribution is 2.35. The molecule has 2 fully saturated rings. The van der Waals surface area contributed by atoms with Gasteiger partial charge in [-0.15, -0.1) is 0 Å². The van der Waals surface area contributed by atoms with E-state index in [0.717, 1.165) is 19.3 Å². The molecule has 3 atom stereocenters. The van der Waals surface area contributed by atoms with Gasteiger partial charge in [-0.25, -0.2) is 0 Å².